The lowest BCUT2D eigenvalue weighted by molar-refractivity contribution is -0.118. The molecule has 2 amide bonds. The molecule has 0 saturated carbocycles. The van der Waals surface area contributed by atoms with Crippen molar-refractivity contribution in [2.45, 2.75) is 37.0 Å². The minimum atomic E-state index is -3.66. The first kappa shape index (κ1) is 21.4. The molecule has 0 bridgehead atoms. The highest BCUT2D eigenvalue weighted by Crippen LogP contribution is 2.34. The van der Waals surface area contributed by atoms with Crippen molar-refractivity contribution >= 4 is 44.8 Å². The summed E-state index contributed by atoms with van der Waals surface area (Å²) in [4.78, 5) is 25.2. The number of benzene rings is 2. The quantitative estimate of drug-likeness (QED) is 0.750. The maximum absolute atomic E-state index is 12.7. The van der Waals surface area contributed by atoms with Crippen molar-refractivity contribution in [2.75, 3.05) is 22.1 Å². The normalized spacial score (nSPS) is 16.5. The van der Waals surface area contributed by atoms with Crippen LogP contribution in [0, 0.1) is 19.8 Å². The van der Waals surface area contributed by atoms with Gasteiger partial charge >= 0.3 is 0 Å². The molecular weight excluding hydrogens is 408 g/mol. The molecule has 0 aromatic heterocycles. The SMILES string of the molecule is Cc1ccc(NC(=O)CCS(=O)(=O)c2ccc3c(c2)NC(=O)C(C)CS3)cc1C. The number of fused-ring (bicyclic) bond motifs is 1. The number of hydrogen-bond acceptors (Lipinski definition) is 5. The maximum Gasteiger partial charge on any atom is 0.228 e. The Bertz CT molecular complexity index is 1060. The average Bonchev–Trinajstić information content (AvgIpc) is 2.81. The van der Waals surface area contributed by atoms with Crippen molar-refractivity contribution in [3.63, 3.8) is 0 Å². The third-order valence-electron chi connectivity index (χ3n) is 4.89. The first-order chi connectivity index (χ1) is 13.7. The van der Waals surface area contributed by atoms with Crippen LogP contribution in [0.25, 0.3) is 0 Å². The van der Waals surface area contributed by atoms with E-state index in [1.165, 1.54) is 23.9 Å². The zero-order valence-electron chi connectivity index (χ0n) is 16.6. The highest BCUT2D eigenvalue weighted by Gasteiger charge is 2.23. The van der Waals surface area contributed by atoms with Gasteiger partial charge in [0.25, 0.3) is 0 Å². The number of carbonyl (C=O) groups is 2. The molecule has 29 heavy (non-hydrogen) atoms. The summed E-state index contributed by atoms with van der Waals surface area (Å²) in [5.41, 5.74) is 3.32. The summed E-state index contributed by atoms with van der Waals surface area (Å²) in [6.45, 7) is 5.77. The van der Waals surface area contributed by atoms with Crippen LogP contribution in [0.1, 0.15) is 24.5 Å². The summed E-state index contributed by atoms with van der Waals surface area (Å²) in [7, 11) is -3.66. The lowest BCUT2D eigenvalue weighted by Gasteiger charge is -2.11. The van der Waals surface area contributed by atoms with E-state index < -0.39 is 9.84 Å². The fourth-order valence-corrected chi connectivity index (χ4v) is 5.13. The second-order valence-electron chi connectivity index (χ2n) is 7.28. The predicted molar refractivity (Wildman–Crippen MR) is 116 cm³/mol. The van der Waals surface area contributed by atoms with Gasteiger partial charge in [-0.3, -0.25) is 9.59 Å². The Kier molecular flexibility index (Phi) is 6.33. The molecule has 1 aliphatic heterocycles. The number of aryl methyl sites for hydroxylation is 2. The first-order valence-corrected chi connectivity index (χ1v) is 12.0. The molecule has 3 rings (SSSR count). The Balaban J connectivity index is 1.68. The van der Waals surface area contributed by atoms with E-state index in [4.69, 9.17) is 0 Å². The van der Waals surface area contributed by atoms with Gasteiger partial charge in [-0.15, -0.1) is 11.8 Å². The largest absolute Gasteiger partial charge is 0.326 e. The molecule has 1 atom stereocenters. The van der Waals surface area contributed by atoms with Crippen LogP contribution in [-0.2, 0) is 19.4 Å². The number of sulfone groups is 1. The Morgan fingerprint density at radius 2 is 1.93 bits per heavy atom. The summed E-state index contributed by atoms with van der Waals surface area (Å²) >= 11 is 1.52. The summed E-state index contributed by atoms with van der Waals surface area (Å²) in [6, 6.07) is 10.3. The van der Waals surface area contributed by atoms with Gasteiger partial charge in [-0.1, -0.05) is 13.0 Å². The molecule has 1 aliphatic rings. The van der Waals surface area contributed by atoms with Crippen molar-refractivity contribution in [1.29, 1.82) is 0 Å². The van der Waals surface area contributed by atoms with Crippen molar-refractivity contribution in [3.05, 3.63) is 47.5 Å². The number of nitrogens with one attached hydrogen (secondary N) is 2. The molecule has 154 valence electrons. The monoisotopic (exact) mass is 432 g/mol. The number of rotatable bonds is 5. The molecule has 1 unspecified atom stereocenters. The maximum atomic E-state index is 12.7. The molecule has 0 saturated heterocycles. The van der Waals surface area contributed by atoms with E-state index in [1.54, 1.807) is 12.1 Å². The molecule has 1 heterocycles. The molecule has 0 aliphatic carbocycles. The fourth-order valence-electron chi connectivity index (χ4n) is 2.86. The van der Waals surface area contributed by atoms with Crippen LogP contribution >= 0.6 is 11.8 Å². The van der Waals surface area contributed by atoms with Gasteiger partial charge in [0.2, 0.25) is 11.8 Å². The molecule has 2 N–H and O–H groups in total. The number of carbonyl (C=O) groups excluding carboxylic acids is 2. The van der Waals surface area contributed by atoms with E-state index in [1.807, 2.05) is 32.9 Å². The molecule has 2 aromatic rings. The lowest BCUT2D eigenvalue weighted by atomic mass is 10.1. The van der Waals surface area contributed by atoms with E-state index in [-0.39, 0.29) is 34.8 Å². The zero-order chi connectivity index (χ0) is 21.2. The van der Waals surface area contributed by atoms with Crippen molar-refractivity contribution in [2.24, 2.45) is 5.92 Å². The topological polar surface area (TPSA) is 92.3 Å². The Hall–Kier alpha value is -2.32. The van der Waals surface area contributed by atoms with E-state index in [9.17, 15) is 18.0 Å². The van der Waals surface area contributed by atoms with Crippen molar-refractivity contribution in [3.8, 4) is 0 Å². The van der Waals surface area contributed by atoms with Crippen LogP contribution in [0.2, 0.25) is 0 Å². The molecular formula is C21H24N2O4S2. The minimum Gasteiger partial charge on any atom is -0.326 e. The summed E-state index contributed by atoms with van der Waals surface area (Å²) in [5.74, 6) is -0.298. The minimum absolute atomic E-state index is 0.102. The Morgan fingerprint density at radius 3 is 2.66 bits per heavy atom. The summed E-state index contributed by atoms with van der Waals surface area (Å²) in [6.07, 6.45) is -0.148. The van der Waals surface area contributed by atoms with Gasteiger partial charge in [-0.05, 0) is 55.3 Å². The van der Waals surface area contributed by atoms with Crippen molar-refractivity contribution in [1.82, 2.24) is 0 Å². The second kappa shape index (κ2) is 8.59. The third kappa shape index (κ3) is 5.19. The standard InChI is InChI=1S/C21H24N2O4S2/c1-13-4-5-16(10-14(13)2)22-20(24)8-9-29(26,27)17-6-7-19-18(11-17)23-21(25)15(3)12-28-19/h4-7,10-11,15H,8-9,12H2,1-3H3,(H,22,24)(H,23,25). The molecule has 0 radical (unpaired) electrons. The summed E-state index contributed by atoms with van der Waals surface area (Å²) < 4.78 is 25.4. The number of hydrogen-bond donors (Lipinski definition) is 2. The molecule has 8 heteroatoms. The number of thioether (sulfide) groups is 1. The summed E-state index contributed by atoms with van der Waals surface area (Å²) in [5, 5.41) is 5.53. The van der Waals surface area contributed by atoms with E-state index in [2.05, 4.69) is 10.6 Å². The van der Waals surface area contributed by atoms with E-state index >= 15 is 0 Å². The van der Waals surface area contributed by atoms with Crippen LogP contribution in [0.15, 0.2) is 46.2 Å². The molecule has 6 nitrogen and oxygen atoms in total. The average molecular weight is 433 g/mol. The Morgan fingerprint density at radius 1 is 1.17 bits per heavy atom. The number of amides is 2. The van der Waals surface area contributed by atoms with Gasteiger partial charge < -0.3 is 10.6 Å². The molecule has 2 aromatic carbocycles. The zero-order valence-corrected chi connectivity index (χ0v) is 18.2. The lowest BCUT2D eigenvalue weighted by Crippen LogP contribution is -2.20. The third-order valence-corrected chi connectivity index (χ3v) is 7.94. The van der Waals surface area contributed by atoms with E-state index in [0.29, 0.717) is 17.1 Å². The fraction of sp³-hybridized carbons (Fsp3) is 0.333. The van der Waals surface area contributed by atoms with Crippen LogP contribution in [0.4, 0.5) is 11.4 Å². The van der Waals surface area contributed by atoms with Gasteiger partial charge in [-0.2, -0.15) is 0 Å². The van der Waals surface area contributed by atoms with Crippen LogP contribution in [0.5, 0.6) is 0 Å². The van der Waals surface area contributed by atoms with Crippen LogP contribution in [0.3, 0.4) is 0 Å². The van der Waals surface area contributed by atoms with Crippen LogP contribution < -0.4 is 10.6 Å². The highest BCUT2D eigenvalue weighted by atomic mass is 32.2. The van der Waals surface area contributed by atoms with Gasteiger partial charge in [0.1, 0.15) is 0 Å². The van der Waals surface area contributed by atoms with E-state index in [0.717, 1.165) is 16.0 Å². The molecule has 0 fully saturated rings. The van der Waals surface area contributed by atoms with Gasteiger partial charge in [-0.25, -0.2) is 8.42 Å². The smallest absolute Gasteiger partial charge is 0.228 e. The van der Waals surface area contributed by atoms with Crippen LogP contribution in [-0.4, -0.2) is 31.7 Å². The van der Waals surface area contributed by atoms with Gasteiger partial charge in [0.15, 0.2) is 9.84 Å². The van der Waals surface area contributed by atoms with Gasteiger partial charge in [0, 0.05) is 28.7 Å². The Labute approximate surface area is 175 Å². The van der Waals surface area contributed by atoms with Crippen molar-refractivity contribution < 1.29 is 18.0 Å². The second-order valence-corrected chi connectivity index (χ2v) is 10.4. The predicted octanol–water partition coefficient (Wildman–Crippen LogP) is 3.79. The highest BCUT2D eigenvalue weighted by molar-refractivity contribution is 7.99. The molecule has 0 spiro atoms. The van der Waals surface area contributed by atoms with Gasteiger partial charge in [0.05, 0.1) is 16.3 Å². The number of anilines is 2. The first-order valence-electron chi connectivity index (χ1n) is 9.33.